The number of anilines is 2. The number of hydrogen-bond acceptors (Lipinski definition) is 8. The normalized spacial score (nSPS) is 18.9. The molecule has 2 aliphatic rings. The maximum absolute atomic E-state index is 10.3. The summed E-state index contributed by atoms with van der Waals surface area (Å²) >= 11 is 0. The van der Waals surface area contributed by atoms with E-state index in [0.717, 1.165) is 43.5 Å². The molecule has 166 valence electrons. The van der Waals surface area contributed by atoms with Gasteiger partial charge in [0.05, 0.1) is 12.6 Å². The first-order valence-electron chi connectivity index (χ1n) is 11.2. The smallest absolute Gasteiger partial charge is 0.231 e. The van der Waals surface area contributed by atoms with Crippen molar-refractivity contribution < 1.29 is 10.2 Å². The fourth-order valence-corrected chi connectivity index (χ4v) is 4.57. The number of hydrogen-bond donors (Lipinski definition) is 4. The third-order valence-electron chi connectivity index (χ3n) is 6.24. The molecule has 3 heterocycles. The lowest BCUT2D eigenvalue weighted by atomic mass is 9.93. The third-order valence-corrected chi connectivity index (χ3v) is 6.24. The highest BCUT2D eigenvalue weighted by atomic mass is 16.3. The molecule has 2 aliphatic heterocycles. The van der Waals surface area contributed by atoms with Crippen LogP contribution in [-0.2, 0) is 6.42 Å². The Bertz CT molecular complexity index is 1090. The molecule has 8 heteroatoms. The summed E-state index contributed by atoms with van der Waals surface area (Å²) in [6, 6.07) is 15.2. The van der Waals surface area contributed by atoms with Crippen LogP contribution in [-0.4, -0.2) is 57.4 Å². The lowest BCUT2D eigenvalue weighted by Gasteiger charge is -2.36. The average Bonchev–Trinajstić information content (AvgIpc) is 2.83. The van der Waals surface area contributed by atoms with Crippen LogP contribution in [0, 0.1) is 0 Å². The van der Waals surface area contributed by atoms with Crippen molar-refractivity contribution in [2.24, 2.45) is 0 Å². The van der Waals surface area contributed by atoms with Gasteiger partial charge in [-0.3, -0.25) is 0 Å². The third kappa shape index (κ3) is 4.24. The molecule has 0 amide bonds. The predicted molar refractivity (Wildman–Crippen MR) is 124 cm³/mol. The van der Waals surface area contributed by atoms with Crippen LogP contribution in [0.5, 0.6) is 5.75 Å². The van der Waals surface area contributed by atoms with E-state index in [4.69, 9.17) is 9.97 Å². The summed E-state index contributed by atoms with van der Waals surface area (Å²) in [5.74, 6) is 1.72. The SMILES string of the molecule is OCC1c2ccccc2CCN1c1nc(NC2CCNCC2)nc(-c2cccc(O)c2)n1. The van der Waals surface area contributed by atoms with E-state index in [2.05, 4.69) is 32.7 Å². The van der Waals surface area contributed by atoms with E-state index in [1.807, 2.05) is 18.2 Å². The quantitative estimate of drug-likeness (QED) is 0.487. The molecule has 2 aromatic carbocycles. The molecule has 1 atom stereocenters. The number of phenols is 1. The Morgan fingerprint density at radius 2 is 1.88 bits per heavy atom. The first kappa shape index (κ1) is 20.7. The number of aliphatic hydroxyl groups excluding tert-OH is 1. The second kappa shape index (κ2) is 9.10. The van der Waals surface area contributed by atoms with Crippen molar-refractivity contribution in [1.82, 2.24) is 20.3 Å². The zero-order valence-electron chi connectivity index (χ0n) is 17.9. The van der Waals surface area contributed by atoms with Crippen molar-refractivity contribution in [1.29, 1.82) is 0 Å². The van der Waals surface area contributed by atoms with Gasteiger partial charge in [-0.2, -0.15) is 15.0 Å². The molecule has 1 saturated heterocycles. The second-order valence-corrected chi connectivity index (χ2v) is 8.34. The van der Waals surface area contributed by atoms with Crippen molar-refractivity contribution >= 4 is 11.9 Å². The van der Waals surface area contributed by atoms with E-state index < -0.39 is 0 Å². The van der Waals surface area contributed by atoms with Gasteiger partial charge in [-0.25, -0.2) is 0 Å². The van der Waals surface area contributed by atoms with Crippen LogP contribution < -0.4 is 15.5 Å². The average molecular weight is 433 g/mol. The van der Waals surface area contributed by atoms with Crippen LogP contribution in [0.3, 0.4) is 0 Å². The number of fused-ring (bicyclic) bond motifs is 1. The maximum atomic E-state index is 10.3. The molecule has 3 aromatic rings. The van der Waals surface area contributed by atoms with Gasteiger partial charge in [0.2, 0.25) is 11.9 Å². The van der Waals surface area contributed by atoms with E-state index in [0.29, 0.717) is 30.3 Å². The van der Waals surface area contributed by atoms with Gasteiger partial charge in [-0.1, -0.05) is 36.4 Å². The van der Waals surface area contributed by atoms with Crippen molar-refractivity contribution in [3.63, 3.8) is 0 Å². The summed E-state index contributed by atoms with van der Waals surface area (Å²) < 4.78 is 0. The first-order valence-corrected chi connectivity index (χ1v) is 11.2. The van der Waals surface area contributed by atoms with Crippen molar-refractivity contribution in [3.05, 3.63) is 59.7 Å². The highest BCUT2D eigenvalue weighted by Gasteiger charge is 2.29. The molecule has 1 unspecified atom stereocenters. The van der Waals surface area contributed by atoms with Crippen LogP contribution in [0.15, 0.2) is 48.5 Å². The Hall–Kier alpha value is -3.23. The van der Waals surface area contributed by atoms with Crippen molar-refractivity contribution in [2.45, 2.75) is 31.3 Å². The first-order chi connectivity index (χ1) is 15.7. The zero-order valence-corrected chi connectivity index (χ0v) is 17.9. The number of rotatable bonds is 5. The van der Waals surface area contributed by atoms with Gasteiger partial charge in [-0.15, -0.1) is 0 Å². The molecule has 1 aromatic heterocycles. The number of aromatic hydroxyl groups is 1. The molecule has 0 aliphatic carbocycles. The molecular weight excluding hydrogens is 404 g/mol. The molecule has 4 N–H and O–H groups in total. The summed E-state index contributed by atoms with van der Waals surface area (Å²) in [7, 11) is 0. The zero-order chi connectivity index (χ0) is 21.9. The molecule has 32 heavy (non-hydrogen) atoms. The Balaban J connectivity index is 1.54. The van der Waals surface area contributed by atoms with Gasteiger partial charge in [-0.05, 0) is 55.6 Å². The van der Waals surface area contributed by atoms with E-state index in [1.165, 1.54) is 5.56 Å². The summed E-state index contributed by atoms with van der Waals surface area (Å²) in [5.41, 5.74) is 3.08. The molecule has 0 radical (unpaired) electrons. The summed E-state index contributed by atoms with van der Waals surface area (Å²) in [6.45, 7) is 2.61. The Labute approximate surface area is 187 Å². The fraction of sp³-hybridized carbons (Fsp3) is 0.375. The highest BCUT2D eigenvalue weighted by Crippen LogP contribution is 2.33. The Morgan fingerprint density at radius 3 is 2.69 bits per heavy atom. The monoisotopic (exact) mass is 432 g/mol. The van der Waals surface area contributed by atoms with Crippen LogP contribution in [0.2, 0.25) is 0 Å². The van der Waals surface area contributed by atoms with E-state index >= 15 is 0 Å². The number of aromatic nitrogens is 3. The minimum absolute atomic E-state index is 0.0266. The molecule has 0 bridgehead atoms. The van der Waals surface area contributed by atoms with Gasteiger partial charge >= 0.3 is 0 Å². The topological polar surface area (TPSA) is 106 Å². The molecule has 5 rings (SSSR count). The second-order valence-electron chi connectivity index (χ2n) is 8.34. The van der Waals surface area contributed by atoms with Crippen LogP contribution in [0.1, 0.15) is 30.0 Å². The number of aliphatic hydroxyl groups is 1. The summed E-state index contributed by atoms with van der Waals surface area (Å²) in [5, 5.41) is 27.1. The Morgan fingerprint density at radius 1 is 1.03 bits per heavy atom. The van der Waals surface area contributed by atoms with Crippen LogP contribution in [0.25, 0.3) is 11.4 Å². The standard InChI is InChI=1S/C24H28N6O2/c31-15-21-20-7-2-1-4-16(20)10-13-30(21)24-28-22(17-5-3-6-19(32)14-17)27-23(29-24)26-18-8-11-25-12-9-18/h1-7,14,18,21,25,31-32H,8-13,15H2,(H,26,27,28,29). The number of nitrogens with one attached hydrogen (secondary N) is 2. The fourth-order valence-electron chi connectivity index (χ4n) is 4.57. The molecule has 0 spiro atoms. The molecule has 0 saturated carbocycles. The largest absolute Gasteiger partial charge is 0.508 e. The number of piperidine rings is 1. The van der Waals surface area contributed by atoms with Gasteiger partial charge in [0, 0.05) is 18.2 Å². The van der Waals surface area contributed by atoms with Gasteiger partial charge in [0.15, 0.2) is 5.82 Å². The summed E-state index contributed by atoms with van der Waals surface area (Å²) in [6.07, 6.45) is 2.86. The lowest BCUT2D eigenvalue weighted by Crippen LogP contribution is -2.39. The molecule has 1 fully saturated rings. The van der Waals surface area contributed by atoms with Crippen molar-refractivity contribution in [3.8, 4) is 17.1 Å². The number of benzene rings is 2. The maximum Gasteiger partial charge on any atom is 0.231 e. The van der Waals surface area contributed by atoms with Gasteiger partial charge in [0.25, 0.3) is 0 Å². The van der Waals surface area contributed by atoms with E-state index in [-0.39, 0.29) is 18.4 Å². The van der Waals surface area contributed by atoms with Crippen LogP contribution >= 0.6 is 0 Å². The highest BCUT2D eigenvalue weighted by molar-refractivity contribution is 5.61. The van der Waals surface area contributed by atoms with Gasteiger partial charge in [0.1, 0.15) is 5.75 Å². The minimum Gasteiger partial charge on any atom is -0.508 e. The van der Waals surface area contributed by atoms with Crippen molar-refractivity contribution in [2.75, 3.05) is 36.5 Å². The van der Waals surface area contributed by atoms with E-state index in [1.54, 1.807) is 18.2 Å². The molecular formula is C24H28N6O2. The van der Waals surface area contributed by atoms with Gasteiger partial charge < -0.3 is 25.7 Å². The summed E-state index contributed by atoms with van der Waals surface area (Å²) in [4.78, 5) is 16.3. The number of nitrogens with zero attached hydrogens (tertiary/aromatic N) is 4. The minimum atomic E-state index is -0.217. The van der Waals surface area contributed by atoms with E-state index in [9.17, 15) is 10.2 Å². The Kier molecular flexibility index (Phi) is 5.87. The molecule has 8 nitrogen and oxygen atoms in total. The number of phenolic OH excluding ortho intramolecular Hbond substituents is 1. The van der Waals surface area contributed by atoms with Crippen LogP contribution in [0.4, 0.5) is 11.9 Å². The lowest BCUT2D eigenvalue weighted by molar-refractivity contribution is 0.256. The predicted octanol–water partition coefficient (Wildman–Crippen LogP) is 2.50.